The molecule has 2 fully saturated rings. The van der Waals surface area contributed by atoms with Gasteiger partial charge in [0, 0.05) is 51.4 Å². The van der Waals surface area contributed by atoms with Crippen molar-refractivity contribution in [3.8, 4) is 0 Å². The molecule has 5 rings (SSSR count). The first kappa shape index (κ1) is 20.5. The summed E-state index contributed by atoms with van der Waals surface area (Å²) in [5.41, 5.74) is 3.37. The molecule has 166 valence electrons. The number of aromatic nitrogens is 2. The van der Waals surface area contributed by atoms with E-state index in [1.54, 1.807) is 6.07 Å². The van der Waals surface area contributed by atoms with E-state index < -0.39 is 0 Å². The van der Waals surface area contributed by atoms with Crippen molar-refractivity contribution in [1.82, 2.24) is 14.9 Å². The Morgan fingerprint density at radius 3 is 2.71 bits per heavy atom. The van der Waals surface area contributed by atoms with Crippen molar-refractivity contribution < 1.29 is 4.39 Å². The fourth-order valence-corrected chi connectivity index (χ4v) is 5.27. The van der Waals surface area contributed by atoms with E-state index in [-0.39, 0.29) is 11.4 Å². The molecule has 0 spiro atoms. The van der Waals surface area contributed by atoms with E-state index in [1.165, 1.54) is 6.42 Å². The number of anilines is 2. The second-order valence-electron chi connectivity index (χ2n) is 9.45. The molecule has 0 unspecified atom stereocenters. The van der Waals surface area contributed by atoms with Crippen LogP contribution in [0.25, 0.3) is 0 Å². The van der Waals surface area contributed by atoms with Gasteiger partial charge in [-0.15, -0.1) is 0 Å². The second-order valence-corrected chi connectivity index (χ2v) is 9.45. The van der Waals surface area contributed by atoms with Crippen molar-refractivity contribution in [1.29, 1.82) is 0 Å². The van der Waals surface area contributed by atoms with Crippen LogP contribution in [0.2, 0.25) is 0 Å². The van der Waals surface area contributed by atoms with Gasteiger partial charge in [-0.3, -0.25) is 14.7 Å². The average molecular weight is 426 g/mol. The molecule has 2 aromatic rings. The molecule has 0 aliphatic carbocycles. The zero-order valence-corrected chi connectivity index (χ0v) is 18.4. The van der Waals surface area contributed by atoms with Crippen LogP contribution < -0.4 is 15.4 Å². The average Bonchev–Trinajstić information content (AvgIpc) is 3.28. The fourth-order valence-electron chi connectivity index (χ4n) is 5.27. The SMILES string of the molecule is C[C@@H]1CCCN(c2nc3c(c(=O)[nH]2)CCN(Cc2ccc(N4CCCC4)c(F)c2)C3)C1. The van der Waals surface area contributed by atoms with Gasteiger partial charge in [0.2, 0.25) is 5.95 Å². The van der Waals surface area contributed by atoms with Crippen LogP contribution in [-0.4, -0.2) is 47.6 Å². The highest BCUT2D eigenvalue weighted by Crippen LogP contribution is 2.26. The molecular weight excluding hydrogens is 393 g/mol. The number of rotatable bonds is 4. The number of halogens is 1. The Morgan fingerprint density at radius 1 is 1.13 bits per heavy atom. The van der Waals surface area contributed by atoms with Crippen molar-refractivity contribution >= 4 is 11.6 Å². The summed E-state index contributed by atoms with van der Waals surface area (Å²) < 4.78 is 14.7. The lowest BCUT2D eigenvalue weighted by Crippen LogP contribution is -2.39. The van der Waals surface area contributed by atoms with Crippen LogP contribution >= 0.6 is 0 Å². The Morgan fingerprint density at radius 2 is 1.94 bits per heavy atom. The van der Waals surface area contributed by atoms with Gasteiger partial charge < -0.3 is 9.80 Å². The molecule has 2 saturated heterocycles. The Balaban J connectivity index is 1.31. The quantitative estimate of drug-likeness (QED) is 0.815. The number of aromatic amines is 1. The minimum Gasteiger partial charge on any atom is -0.369 e. The van der Waals surface area contributed by atoms with Crippen LogP contribution in [-0.2, 0) is 19.5 Å². The molecule has 1 aromatic heterocycles. The van der Waals surface area contributed by atoms with Crippen molar-refractivity contribution in [2.45, 2.75) is 52.1 Å². The Hall–Kier alpha value is -2.41. The summed E-state index contributed by atoms with van der Waals surface area (Å²) in [6.45, 7) is 8.10. The molecule has 0 bridgehead atoms. The van der Waals surface area contributed by atoms with Crippen LogP contribution in [0.1, 0.15) is 49.4 Å². The summed E-state index contributed by atoms with van der Waals surface area (Å²) in [6.07, 6.45) is 5.32. The Kier molecular flexibility index (Phi) is 5.69. The first-order chi connectivity index (χ1) is 15.1. The number of hydrogen-bond donors (Lipinski definition) is 1. The molecule has 4 heterocycles. The molecule has 0 radical (unpaired) electrons. The van der Waals surface area contributed by atoms with Gasteiger partial charge in [-0.2, -0.15) is 0 Å². The third-order valence-corrected chi connectivity index (χ3v) is 6.96. The summed E-state index contributed by atoms with van der Waals surface area (Å²) >= 11 is 0. The summed E-state index contributed by atoms with van der Waals surface area (Å²) in [5.74, 6) is 1.19. The predicted molar refractivity (Wildman–Crippen MR) is 121 cm³/mol. The lowest BCUT2D eigenvalue weighted by molar-refractivity contribution is 0.240. The van der Waals surface area contributed by atoms with Crippen LogP contribution in [0.4, 0.5) is 16.0 Å². The number of piperidine rings is 1. The van der Waals surface area contributed by atoms with Gasteiger partial charge in [0.15, 0.2) is 0 Å². The summed E-state index contributed by atoms with van der Waals surface area (Å²) in [7, 11) is 0. The van der Waals surface area contributed by atoms with Crippen LogP contribution in [0, 0.1) is 11.7 Å². The molecule has 1 N–H and O–H groups in total. The van der Waals surface area contributed by atoms with Gasteiger partial charge in [-0.25, -0.2) is 9.37 Å². The third-order valence-electron chi connectivity index (χ3n) is 6.96. The van der Waals surface area contributed by atoms with Crippen LogP contribution in [0.3, 0.4) is 0 Å². The van der Waals surface area contributed by atoms with E-state index >= 15 is 0 Å². The van der Waals surface area contributed by atoms with E-state index in [2.05, 4.69) is 26.6 Å². The lowest BCUT2D eigenvalue weighted by atomic mass is 10.0. The molecular formula is C24H32FN5O. The first-order valence-electron chi connectivity index (χ1n) is 11.7. The maximum absolute atomic E-state index is 14.7. The summed E-state index contributed by atoms with van der Waals surface area (Å²) in [4.78, 5) is 27.2. The minimum absolute atomic E-state index is 0.00103. The van der Waals surface area contributed by atoms with Crippen molar-refractivity contribution in [2.75, 3.05) is 42.5 Å². The van der Waals surface area contributed by atoms with E-state index in [0.717, 1.165) is 74.5 Å². The topological polar surface area (TPSA) is 55.5 Å². The standard InChI is InChI=1S/C24H32FN5O/c1-17-5-4-11-30(14-17)24-26-21-16-28(12-8-19(21)23(31)27-24)15-18-6-7-22(20(25)13-18)29-9-2-3-10-29/h6-7,13,17H,2-5,8-12,14-16H2,1H3,(H,26,27,31)/t17-/m1/s1. The molecule has 0 saturated carbocycles. The largest absolute Gasteiger partial charge is 0.369 e. The number of benzene rings is 1. The van der Waals surface area contributed by atoms with Crippen molar-refractivity contribution in [3.63, 3.8) is 0 Å². The monoisotopic (exact) mass is 425 g/mol. The highest BCUT2D eigenvalue weighted by atomic mass is 19.1. The number of H-pyrrole nitrogens is 1. The second kappa shape index (κ2) is 8.61. The number of hydrogen-bond acceptors (Lipinski definition) is 5. The Bertz CT molecular complexity index is 1000. The van der Waals surface area contributed by atoms with Gasteiger partial charge in [0.05, 0.1) is 11.4 Å². The molecule has 0 amide bonds. The van der Waals surface area contributed by atoms with Crippen molar-refractivity contribution in [3.05, 3.63) is 51.2 Å². The van der Waals surface area contributed by atoms with E-state index in [1.807, 2.05) is 12.1 Å². The van der Waals surface area contributed by atoms with E-state index in [0.29, 0.717) is 31.4 Å². The molecule has 1 atom stereocenters. The number of fused-ring (bicyclic) bond motifs is 1. The van der Waals surface area contributed by atoms with Crippen molar-refractivity contribution in [2.24, 2.45) is 5.92 Å². The third kappa shape index (κ3) is 4.33. The highest BCUT2D eigenvalue weighted by Gasteiger charge is 2.25. The smallest absolute Gasteiger partial charge is 0.255 e. The molecule has 3 aliphatic heterocycles. The number of nitrogens with zero attached hydrogens (tertiary/aromatic N) is 4. The van der Waals surface area contributed by atoms with Crippen LogP contribution in [0.5, 0.6) is 0 Å². The van der Waals surface area contributed by atoms with Gasteiger partial charge in [-0.1, -0.05) is 13.0 Å². The molecule has 6 nitrogen and oxygen atoms in total. The van der Waals surface area contributed by atoms with E-state index in [9.17, 15) is 9.18 Å². The van der Waals surface area contributed by atoms with Gasteiger partial charge in [-0.05, 0) is 55.7 Å². The van der Waals surface area contributed by atoms with Gasteiger partial charge >= 0.3 is 0 Å². The maximum atomic E-state index is 14.7. The Labute approximate surface area is 183 Å². The lowest BCUT2D eigenvalue weighted by Gasteiger charge is -2.33. The summed E-state index contributed by atoms with van der Waals surface area (Å²) in [5, 5.41) is 0. The molecule has 1 aromatic carbocycles. The predicted octanol–water partition coefficient (Wildman–Crippen LogP) is 3.30. The highest BCUT2D eigenvalue weighted by molar-refractivity contribution is 5.50. The maximum Gasteiger partial charge on any atom is 0.255 e. The molecule has 7 heteroatoms. The zero-order chi connectivity index (χ0) is 21.4. The first-order valence-corrected chi connectivity index (χ1v) is 11.7. The zero-order valence-electron chi connectivity index (χ0n) is 18.4. The van der Waals surface area contributed by atoms with Crippen LogP contribution in [0.15, 0.2) is 23.0 Å². The fraction of sp³-hybridized carbons (Fsp3) is 0.583. The number of nitrogens with one attached hydrogen (secondary N) is 1. The normalized spacial score (nSPS) is 22.1. The minimum atomic E-state index is -0.132. The van der Waals surface area contributed by atoms with Gasteiger partial charge in [0.25, 0.3) is 5.56 Å². The molecule has 31 heavy (non-hydrogen) atoms. The van der Waals surface area contributed by atoms with E-state index in [4.69, 9.17) is 4.98 Å². The summed E-state index contributed by atoms with van der Waals surface area (Å²) in [6, 6.07) is 5.64. The van der Waals surface area contributed by atoms with Gasteiger partial charge in [0.1, 0.15) is 5.82 Å². The molecule has 3 aliphatic rings.